The standard InChI is InChI=1S/C16H16N4/c1-11-5-3-4-6-13(11)12(2)19-15-8-7-14-16(20-15)18-10-9-17-14/h3-10,12H,1-2H3,(H,18,19,20). The van der Waals surface area contributed by atoms with Crippen molar-refractivity contribution in [3.8, 4) is 0 Å². The third-order valence-electron chi connectivity index (χ3n) is 3.35. The third-order valence-corrected chi connectivity index (χ3v) is 3.35. The molecule has 0 aliphatic carbocycles. The molecule has 0 amide bonds. The molecule has 2 aromatic heterocycles. The van der Waals surface area contributed by atoms with Gasteiger partial charge in [0, 0.05) is 12.4 Å². The van der Waals surface area contributed by atoms with Crippen LogP contribution in [0.2, 0.25) is 0 Å². The van der Waals surface area contributed by atoms with Crippen molar-refractivity contribution in [2.75, 3.05) is 5.32 Å². The van der Waals surface area contributed by atoms with E-state index >= 15 is 0 Å². The van der Waals surface area contributed by atoms with Gasteiger partial charge in [-0.15, -0.1) is 0 Å². The molecular weight excluding hydrogens is 248 g/mol. The van der Waals surface area contributed by atoms with Crippen molar-refractivity contribution in [1.82, 2.24) is 15.0 Å². The van der Waals surface area contributed by atoms with Crippen LogP contribution in [0.3, 0.4) is 0 Å². The number of hydrogen-bond acceptors (Lipinski definition) is 4. The SMILES string of the molecule is Cc1ccccc1C(C)Nc1ccc2nccnc2n1. The molecule has 1 N–H and O–H groups in total. The molecule has 0 spiro atoms. The van der Waals surface area contributed by atoms with Gasteiger partial charge in [0.25, 0.3) is 0 Å². The second-order valence-electron chi connectivity index (χ2n) is 4.82. The van der Waals surface area contributed by atoms with E-state index in [0.29, 0.717) is 5.65 Å². The molecule has 0 aliphatic rings. The van der Waals surface area contributed by atoms with E-state index in [1.807, 2.05) is 12.1 Å². The topological polar surface area (TPSA) is 50.7 Å². The summed E-state index contributed by atoms with van der Waals surface area (Å²) >= 11 is 0. The van der Waals surface area contributed by atoms with Crippen LogP contribution in [0.25, 0.3) is 11.2 Å². The fraction of sp³-hybridized carbons (Fsp3) is 0.188. The summed E-state index contributed by atoms with van der Waals surface area (Å²) in [5.41, 5.74) is 4.01. The average molecular weight is 264 g/mol. The molecule has 0 fully saturated rings. The summed E-state index contributed by atoms with van der Waals surface area (Å²) in [6.45, 7) is 4.25. The minimum atomic E-state index is 0.192. The Morgan fingerprint density at radius 2 is 1.80 bits per heavy atom. The van der Waals surface area contributed by atoms with E-state index < -0.39 is 0 Å². The van der Waals surface area contributed by atoms with Crippen LogP contribution < -0.4 is 5.32 Å². The molecule has 4 heteroatoms. The minimum absolute atomic E-state index is 0.192. The molecule has 1 unspecified atom stereocenters. The van der Waals surface area contributed by atoms with Crippen LogP contribution >= 0.6 is 0 Å². The van der Waals surface area contributed by atoms with Gasteiger partial charge >= 0.3 is 0 Å². The number of aryl methyl sites for hydroxylation is 1. The van der Waals surface area contributed by atoms with Gasteiger partial charge in [-0.2, -0.15) is 0 Å². The number of aromatic nitrogens is 3. The third kappa shape index (κ3) is 2.45. The van der Waals surface area contributed by atoms with Gasteiger partial charge in [-0.1, -0.05) is 24.3 Å². The monoisotopic (exact) mass is 264 g/mol. The number of benzene rings is 1. The molecule has 20 heavy (non-hydrogen) atoms. The van der Waals surface area contributed by atoms with Crippen molar-refractivity contribution in [1.29, 1.82) is 0 Å². The summed E-state index contributed by atoms with van der Waals surface area (Å²) in [5.74, 6) is 0.814. The van der Waals surface area contributed by atoms with Crippen LogP contribution in [-0.4, -0.2) is 15.0 Å². The first kappa shape index (κ1) is 12.5. The molecule has 0 saturated heterocycles. The lowest BCUT2D eigenvalue weighted by Gasteiger charge is -2.17. The van der Waals surface area contributed by atoms with Gasteiger partial charge in [0.1, 0.15) is 11.3 Å². The quantitative estimate of drug-likeness (QED) is 0.786. The zero-order valence-electron chi connectivity index (χ0n) is 11.5. The molecule has 1 atom stereocenters. The molecule has 4 nitrogen and oxygen atoms in total. The highest BCUT2D eigenvalue weighted by Gasteiger charge is 2.08. The van der Waals surface area contributed by atoms with Gasteiger partial charge in [0.05, 0.1) is 6.04 Å². The molecule has 0 aliphatic heterocycles. The predicted molar refractivity (Wildman–Crippen MR) is 80.5 cm³/mol. The summed E-state index contributed by atoms with van der Waals surface area (Å²) < 4.78 is 0. The van der Waals surface area contributed by atoms with E-state index in [1.165, 1.54) is 11.1 Å². The van der Waals surface area contributed by atoms with Gasteiger partial charge in [0.2, 0.25) is 0 Å². The zero-order chi connectivity index (χ0) is 13.9. The first-order chi connectivity index (χ1) is 9.74. The van der Waals surface area contributed by atoms with E-state index in [2.05, 4.69) is 58.4 Å². The first-order valence-corrected chi connectivity index (χ1v) is 6.64. The number of pyridine rings is 1. The Morgan fingerprint density at radius 1 is 1.00 bits per heavy atom. The normalized spacial score (nSPS) is 12.3. The smallest absolute Gasteiger partial charge is 0.180 e. The Hall–Kier alpha value is -2.49. The molecule has 1 aromatic carbocycles. The molecular formula is C16H16N4. The number of anilines is 1. The highest BCUT2D eigenvalue weighted by Crippen LogP contribution is 2.21. The Morgan fingerprint density at radius 3 is 2.65 bits per heavy atom. The van der Waals surface area contributed by atoms with Crippen molar-refractivity contribution in [2.45, 2.75) is 19.9 Å². The van der Waals surface area contributed by atoms with E-state index in [-0.39, 0.29) is 6.04 Å². The predicted octanol–water partition coefficient (Wildman–Crippen LogP) is 3.51. The maximum absolute atomic E-state index is 4.49. The summed E-state index contributed by atoms with van der Waals surface area (Å²) in [4.78, 5) is 12.9. The Bertz CT molecular complexity index is 739. The lowest BCUT2D eigenvalue weighted by atomic mass is 10.0. The van der Waals surface area contributed by atoms with Crippen LogP contribution in [0, 0.1) is 6.92 Å². The molecule has 100 valence electrons. The van der Waals surface area contributed by atoms with E-state index in [9.17, 15) is 0 Å². The Balaban J connectivity index is 1.87. The summed E-state index contributed by atoms with van der Waals surface area (Å²) in [5, 5.41) is 3.41. The second kappa shape index (κ2) is 5.25. The maximum Gasteiger partial charge on any atom is 0.180 e. The van der Waals surface area contributed by atoms with E-state index in [1.54, 1.807) is 12.4 Å². The van der Waals surface area contributed by atoms with Crippen molar-refractivity contribution in [3.05, 3.63) is 59.9 Å². The molecule has 3 aromatic rings. The molecule has 2 heterocycles. The van der Waals surface area contributed by atoms with Crippen molar-refractivity contribution >= 4 is 17.0 Å². The average Bonchev–Trinajstić information content (AvgIpc) is 2.47. The van der Waals surface area contributed by atoms with E-state index in [4.69, 9.17) is 0 Å². The number of rotatable bonds is 3. The summed E-state index contributed by atoms with van der Waals surface area (Å²) in [6.07, 6.45) is 3.33. The number of nitrogens with one attached hydrogen (secondary N) is 1. The minimum Gasteiger partial charge on any atom is -0.363 e. The fourth-order valence-electron chi connectivity index (χ4n) is 2.31. The van der Waals surface area contributed by atoms with Gasteiger partial charge in [-0.25, -0.2) is 9.97 Å². The van der Waals surface area contributed by atoms with Gasteiger partial charge in [0.15, 0.2) is 5.65 Å². The number of nitrogens with zero attached hydrogens (tertiary/aromatic N) is 3. The molecule has 0 bridgehead atoms. The fourth-order valence-corrected chi connectivity index (χ4v) is 2.31. The van der Waals surface area contributed by atoms with Crippen LogP contribution in [-0.2, 0) is 0 Å². The van der Waals surface area contributed by atoms with Crippen LogP contribution in [0.15, 0.2) is 48.8 Å². The Labute approximate surface area is 117 Å². The first-order valence-electron chi connectivity index (χ1n) is 6.64. The Kier molecular flexibility index (Phi) is 3.29. The molecule has 0 radical (unpaired) electrons. The summed E-state index contributed by atoms with van der Waals surface area (Å²) in [6, 6.07) is 12.4. The molecule has 0 saturated carbocycles. The van der Waals surface area contributed by atoms with Crippen LogP contribution in [0.1, 0.15) is 24.1 Å². The lowest BCUT2D eigenvalue weighted by Crippen LogP contribution is -2.09. The van der Waals surface area contributed by atoms with Crippen LogP contribution in [0.5, 0.6) is 0 Å². The van der Waals surface area contributed by atoms with Crippen molar-refractivity contribution < 1.29 is 0 Å². The van der Waals surface area contributed by atoms with Crippen LogP contribution in [0.4, 0.5) is 5.82 Å². The van der Waals surface area contributed by atoms with Crippen molar-refractivity contribution in [3.63, 3.8) is 0 Å². The lowest BCUT2D eigenvalue weighted by molar-refractivity contribution is 0.866. The number of fused-ring (bicyclic) bond motifs is 1. The second-order valence-corrected chi connectivity index (χ2v) is 4.82. The van der Waals surface area contributed by atoms with Gasteiger partial charge in [-0.05, 0) is 37.1 Å². The summed E-state index contributed by atoms with van der Waals surface area (Å²) in [7, 11) is 0. The maximum atomic E-state index is 4.49. The highest BCUT2D eigenvalue weighted by molar-refractivity contribution is 5.71. The van der Waals surface area contributed by atoms with Gasteiger partial charge in [-0.3, -0.25) is 4.98 Å². The van der Waals surface area contributed by atoms with Crippen molar-refractivity contribution in [2.24, 2.45) is 0 Å². The van der Waals surface area contributed by atoms with E-state index in [0.717, 1.165) is 11.3 Å². The zero-order valence-corrected chi connectivity index (χ0v) is 11.5. The molecule has 3 rings (SSSR count). The highest BCUT2D eigenvalue weighted by atomic mass is 15.0. The van der Waals surface area contributed by atoms with Gasteiger partial charge < -0.3 is 5.32 Å². The number of hydrogen-bond donors (Lipinski definition) is 1. The largest absolute Gasteiger partial charge is 0.363 e.